The zero-order chi connectivity index (χ0) is 19.7. The fourth-order valence-electron chi connectivity index (χ4n) is 3.24. The number of ether oxygens (including phenoxy) is 2. The van der Waals surface area contributed by atoms with E-state index in [1.807, 2.05) is 6.92 Å². The van der Waals surface area contributed by atoms with E-state index < -0.39 is 11.5 Å². The summed E-state index contributed by atoms with van der Waals surface area (Å²) in [5.74, 6) is 0.777. The van der Waals surface area contributed by atoms with Gasteiger partial charge in [-0.2, -0.15) is 0 Å². The number of hydrogen-bond acceptors (Lipinski definition) is 6. The highest BCUT2D eigenvalue weighted by molar-refractivity contribution is 5.95. The monoisotopic (exact) mass is 383 g/mol. The van der Waals surface area contributed by atoms with Crippen LogP contribution in [0.15, 0.2) is 40.4 Å². The number of benzene rings is 1. The molecule has 8 heteroatoms. The van der Waals surface area contributed by atoms with Gasteiger partial charge in [0.15, 0.2) is 11.5 Å². The Kier molecular flexibility index (Phi) is 4.77. The molecule has 3 heterocycles. The quantitative estimate of drug-likeness (QED) is 0.854. The molecule has 146 valence electrons. The summed E-state index contributed by atoms with van der Waals surface area (Å²) in [6.45, 7) is 4.20. The van der Waals surface area contributed by atoms with Crippen LogP contribution in [0.2, 0.25) is 0 Å². The first-order valence-corrected chi connectivity index (χ1v) is 9.19. The van der Waals surface area contributed by atoms with E-state index in [2.05, 4.69) is 10.5 Å². The second kappa shape index (κ2) is 7.38. The highest BCUT2D eigenvalue weighted by atomic mass is 16.7. The van der Waals surface area contributed by atoms with Crippen molar-refractivity contribution >= 4 is 11.6 Å². The van der Waals surface area contributed by atoms with Crippen LogP contribution < -0.4 is 20.3 Å². The van der Waals surface area contributed by atoms with Crippen molar-refractivity contribution < 1.29 is 19.1 Å². The molecular formula is C20H21N3O5. The van der Waals surface area contributed by atoms with Crippen LogP contribution in [0.4, 0.5) is 0 Å². The van der Waals surface area contributed by atoms with E-state index in [9.17, 15) is 9.59 Å². The molecule has 4 rings (SSSR count). The second-order valence-electron chi connectivity index (χ2n) is 6.74. The molecule has 0 saturated heterocycles. The maximum absolute atomic E-state index is 13.0. The molecule has 0 spiro atoms. The summed E-state index contributed by atoms with van der Waals surface area (Å²) in [6.07, 6.45) is 2.96. The zero-order valence-corrected chi connectivity index (χ0v) is 15.7. The van der Waals surface area contributed by atoms with Crippen LogP contribution in [0.25, 0.3) is 5.69 Å². The Balaban J connectivity index is 1.55. The van der Waals surface area contributed by atoms with Gasteiger partial charge in [-0.05, 0) is 37.1 Å². The molecule has 1 aromatic heterocycles. The molecule has 8 nitrogen and oxygen atoms in total. The molecule has 0 aliphatic carbocycles. The number of hydrogen-bond donors (Lipinski definition) is 1. The van der Waals surface area contributed by atoms with Gasteiger partial charge in [0.2, 0.25) is 6.79 Å². The van der Waals surface area contributed by atoms with E-state index in [0.717, 1.165) is 12.1 Å². The molecule has 0 bridgehead atoms. The SMILES string of the molecule is CCC1=NOC(CNC(=O)c2c(C)ccn(-c3ccc4c(c3)OCO4)c2=O)C1. The highest BCUT2D eigenvalue weighted by Crippen LogP contribution is 2.33. The molecular weight excluding hydrogens is 362 g/mol. The van der Waals surface area contributed by atoms with Gasteiger partial charge >= 0.3 is 0 Å². The topological polar surface area (TPSA) is 91.2 Å². The van der Waals surface area contributed by atoms with Crippen molar-refractivity contribution in [3.05, 3.63) is 51.9 Å². The molecule has 0 saturated carbocycles. The Bertz CT molecular complexity index is 1010. The number of aryl methyl sites for hydroxylation is 1. The normalized spacial score (nSPS) is 17.2. The third kappa shape index (κ3) is 3.33. The van der Waals surface area contributed by atoms with Crippen molar-refractivity contribution in [1.82, 2.24) is 9.88 Å². The minimum absolute atomic E-state index is 0.106. The van der Waals surface area contributed by atoms with Gasteiger partial charge < -0.3 is 19.6 Å². The van der Waals surface area contributed by atoms with Crippen molar-refractivity contribution in [3.63, 3.8) is 0 Å². The summed E-state index contributed by atoms with van der Waals surface area (Å²) in [7, 11) is 0. The number of aromatic nitrogens is 1. The summed E-state index contributed by atoms with van der Waals surface area (Å²) in [5, 5.41) is 6.77. The summed E-state index contributed by atoms with van der Waals surface area (Å²) in [5.41, 5.74) is 1.89. The van der Waals surface area contributed by atoms with Crippen molar-refractivity contribution in [2.75, 3.05) is 13.3 Å². The molecule has 1 atom stereocenters. The van der Waals surface area contributed by atoms with Crippen molar-refractivity contribution in [1.29, 1.82) is 0 Å². The summed E-state index contributed by atoms with van der Waals surface area (Å²) in [6, 6.07) is 6.95. The predicted molar refractivity (Wildman–Crippen MR) is 102 cm³/mol. The predicted octanol–water partition coefficient (Wildman–Crippen LogP) is 2.16. The second-order valence-corrected chi connectivity index (χ2v) is 6.74. The van der Waals surface area contributed by atoms with Crippen LogP contribution in [0.5, 0.6) is 11.5 Å². The lowest BCUT2D eigenvalue weighted by Gasteiger charge is -2.13. The third-order valence-corrected chi connectivity index (χ3v) is 4.85. The largest absolute Gasteiger partial charge is 0.454 e. The number of pyridine rings is 1. The van der Waals surface area contributed by atoms with E-state index >= 15 is 0 Å². The van der Waals surface area contributed by atoms with Gasteiger partial charge in [0.1, 0.15) is 11.7 Å². The summed E-state index contributed by atoms with van der Waals surface area (Å²) >= 11 is 0. The molecule has 1 unspecified atom stereocenters. The van der Waals surface area contributed by atoms with E-state index in [1.165, 1.54) is 4.57 Å². The third-order valence-electron chi connectivity index (χ3n) is 4.85. The Labute approximate surface area is 161 Å². The zero-order valence-electron chi connectivity index (χ0n) is 15.7. The van der Waals surface area contributed by atoms with E-state index in [-0.39, 0.29) is 18.5 Å². The molecule has 28 heavy (non-hydrogen) atoms. The first-order chi connectivity index (χ1) is 13.6. The van der Waals surface area contributed by atoms with Crippen LogP contribution in [0.3, 0.4) is 0 Å². The van der Waals surface area contributed by atoms with Gasteiger partial charge in [-0.15, -0.1) is 0 Å². The van der Waals surface area contributed by atoms with Crippen LogP contribution in [0.1, 0.15) is 35.7 Å². The number of rotatable bonds is 5. The summed E-state index contributed by atoms with van der Waals surface area (Å²) < 4.78 is 12.1. The minimum atomic E-state index is -0.425. The first-order valence-electron chi connectivity index (χ1n) is 9.19. The number of amides is 1. The molecule has 1 amide bonds. The lowest BCUT2D eigenvalue weighted by molar-refractivity contribution is 0.0752. The van der Waals surface area contributed by atoms with Crippen molar-refractivity contribution in [2.45, 2.75) is 32.8 Å². The molecule has 0 radical (unpaired) electrons. The number of oxime groups is 1. The van der Waals surface area contributed by atoms with Gasteiger partial charge in [-0.1, -0.05) is 12.1 Å². The van der Waals surface area contributed by atoms with Crippen LogP contribution >= 0.6 is 0 Å². The van der Waals surface area contributed by atoms with Gasteiger partial charge in [-0.3, -0.25) is 14.2 Å². The first kappa shape index (κ1) is 18.1. The Morgan fingerprint density at radius 1 is 1.29 bits per heavy atom. The molecule has 2 aliphatic heterocycles. The molecule has 1 aromatic carbocycles. The van der Waals surface area contributed by atoms with Crippen LogP contribution in [-0.4, -0.2) is 35.6 Å². The average Bonchev–Trinajstić information content (AvgIpc) is 3.35. The lowest BCUT2D eigenvalue weighted by Crippen LogP contribution is -2.37. The molecule has 2 aliphatic rings. The fraction of sp³-hybridized carbons (Fsp3) is 0.350. The molecule has 0 fully saturated rings. The van der Waals surface area contributed by atoms with E-state index in [1.54, 1.807) is 37.4 Å². The molecule has 2 aromatic rings. The van der Waals surface area contributed by atoms with Gasteiger partial charge in [-0.25, -0.2) is 0 Å². The molecule has 1 N–H and O–H groups in total. The number of nitrogens with zero attached hydrogens (tertiary/aromatic N) is 2. The highest BCUT2D eigenvalue weighted by Gasteiger charge is 2.23. The summed E-state index contributed by atoms with van der Waals surface area (Å²) in [4.78, 5) is 31.0. The number of nitrogens with one attached hydrogen (secondary N) is 1. The maximum Gasteiger partial charge on any atom is 0.268 e. The lowest BCUT2D eigenvalue weighted by atomic mass is 10.1. The number of fused-ring (bicyclic) bond motifs is 1. The van der Waals surface area contributed by atoms with Crippen molar-refractivity contribution in [2.24, 2.45) is 5.16 Å². The number of carbonyl (C=O) groups is 1. The number of carbonyl (C=O) groups excluding carboxylic acids is 1. The van der Waals surface area contributed by atoms with E-state index in [4.69, 9.17) is 14.3 Å². The van der Waals surface area contributed by atoms with Gasteiger partial charge in [0.25, 0.3) is 11.5 Å². The smallest absolute Gasteiger partial charge is 0.268 e. The van der Waals surface area contributed by atoms with Crippen molar-refractivity contribution in [3.8, 4) is 17.2 Å². The van der Waals surface area contributed by atoms with Gasteiger partial charge in [0, 0.05) is 18.7 Å². The minimum Gasteiger partial charge on any atom is -0.454 e. The van der Waals surface area contributed by atoms with Crippen LogP contribution in [-0.2, 0) is 4.84 Å². The fourth-order valence-corrected chi connectivity index (χ4v) is 3.24. The van der Waals surface area contributed by atoms with Crippen LogP contribution in [0, 0.1) is 6.92 Å². The Morgan fingerprint density at radius 3 is 2.89 bits per heavy atom. The average molecular weight is 383 g/mol. The Hall–Kier alpha value is -3.29. The van der Waals surface area contributed by atoms with Gasteiger partial charge in [0.05, 0.1) is 17.9 Å². The standard InChI is InChI=1S/C20H21N3O5/c1-3-13-8-15(28-22-13)10-21-19(24)18-12(2)6-7-23(20(18)25)14-4-5-16-17(9-14)27-11-26-16/h4-7,9,15H,3,8,10-11H2,1-2H3,(H,21,24). The Morgan fingerprint density at radius 2 is 2.11 bits per heavy atom. The van der Waals surface area contributed by atoms with E-state index in [0.29, 0.717) is 35.7 Å². The maximum atomic E-state index is 13.0.